The van der Waals surface area contributed by atoms with Crippen LogP contribution in [0, 0.1) is 5.92 Å². The highest BCUT2D eigenvalue weighted by molar-refractivity contribution is 5.77. The highest BCUT2D eigenvalue weighted by atomic mass is 16.2. The molecule has 3 heterocycles. The normalized spacial score (nSPS) is 17.2. The van der Waals surface area contributed by atoms with Gasteiger partial charge >= 0.3 is 5.69 Å². The van der Waals surface area contributed by atoms with Gasteiger partial charge < -0.3 is 15.2 Å². The van der Waals surface area contributed by atoms with Crippen molar-refractivity contribution < 1.29 is 4.79 Å². The minimum Gasteiger partial charge on any atom is -0.341 e. The summed E-state index contributed by atoms with van der Waals surface area (Å²) in [6.45, 7) is 2.94. The summed E-state index contributed by atoms with van der Waals surface area (Å²) in [7, 11) is 3.23. The van der Waals surface area contributed by atoms with Gasteiger partial charge in [-0.2, -0.15) is 0 Å². The van der Waals surface area contributed by atoms with Crippen LogP contribution in [-0.2, 0) is 25.4 Å². The van der Waals surface area contributed by atoms with Crippen molar-refractivity contribution in [3.8, 4) is 0 Å². The molecule has 9 heteroatoms. The minimum atomic E-state index is -0.532. The maximum absolute atomic E-state index is 12.6. The molecule has 9 nitrogen and oxygen atoms in total. The van der Waals surface area contributed by atoms with E-state index in [1.807, 2.05) is 6.92 Å². The van der Waals surface area contributed by atoms with Gasteiger partial charge in [0, 0.05) is 33.2 Å². The van der Waals surface area contributed by atoms with Crippen molar-refractivity contribution in [3.05, 3.63) is 27.2 Å². The summed E-state index contributed by atoms with van der Waals surface area (Å²) in [6.07, 6.45) is 3.17. The molecular weight excluding hydrogens is 324 g/mol. The number of aromatic nitrogens is 4. The lowest BCUT2D eigenvalue weighted by atomic mass is 9.91. The van der Waals surface area contributed by atoms with Crippen molar-refractivity contribution >= 4 is 17.1 Å². The molecule has 0 bridgehead atoms. The highest BCUT2D eigenvalue weighted by Crippen LogP contribution is 2.19. The first kappa shape index (κ1) is 17.4. The number of nitrogens with zero attached hydrogens (tertiary/aromatic N) is 5. The van der Waals surface area contributed by atoms with Crippen molar-refractivity contribution in [3.63, 3.8) is 0 Å². The summed E-state index contributed by atoms with van der Waals surface area (Å²) in [5, 5.41) is 0. The van der Waals surface area contributed by atoms with Gasteiger partial charge in [0.15, 0.2) is 11.2 Å². The molecule has 1 aliphatic heterocycles. The SMILES string of the molecule is CC(N)C1CCN(C(=O)Cn2c(=O)c3c(ncn3C)n(C)c2=O)CC1. The molecule has 0 aliphatic carbocycles. The Bertz CT molecular complexity index is 914. The molecule has 1 saturated heterocycles. The fraction of sp³-hybridized carbons (Fsp3) is 0.625. The summed E-state index contributed by atoms with van der Waals surface area (Å²) in [4.78, 5) is 43.5. The average Bonchev–Trinajstić information content (AvgIpc) is 2.98. The predicted octanol–water partition coefficient (Wildman–Crippen LogP) is -0.980. The standard InChI is InChI=1S/C16H24N6O3/c1-10(17)11-4-6-21(7-5-11)12(23)8-22-15(24)13-14(18-9-19(13)2)20(3)16(22)25/h9-11H,4-8,17H2,1-3H3. The largest absolute Gasteiger partial charge is 0.341 e. The first-order chi connectivity index (χ1) is 11.8. The third kappa shape index (κ3) is 2.99. The average molecular weight is 348 g/mol. The number of amides is 1. The lowest BCUT2D eigenvalue weighted by molar-refractivity contribution is -0.133. The molecule has 2 aromatic heterocycles. The van der Waals surface area contributed by atoms with E-state index in [9.17, 15) is 14.4 Å². The van der Waals surface area contributed by atoms with Crippen molar-refractivity contribution in [1.29, 1.82) is 0 Å². The quantitative estimate of drug-likeness (QED) is 0.767. The molecule has 136 valence electrons. The second kappa shape index (κ2) is 6.47. The zero-order valence-corrected chi connectivity index (χ0v) is 14.8. The van der Waals surface area contributed by atoms with E-state index in [0.29, 0.717) is 30.2 Å². The maximum Gasteiger partial charge on any atom is 0.332 e. The minimum absolute atomic E-state index is 0.111. The number of aryl methyl sites for hydroxylation is 2. The number of fused-ring (bicyclic) bond motifs is 1. The van der Waals surface area contributed by atoms with Crippen LogP contribution in [0.3, 0.4) is 0 Å². The van der Waals surface area contributed by atoms with Crippen molar-refractivity contribution in [2.24, 2.45) is 25.7 Å². The summed E-state index contributed by atoms with van der Waals surface area (Å²) in [6, 6.07) is 0.111. The molecule has 2 aromatic rings. The summed E-state index contributed by atoms with van der Waals surface area (Å²) >= 11 is 0. The summed E-state index contributed by atoms with van der Waals surface area (Å²) in [5.74, 6) is 0.189. The summed E-state index contributed by atoms with van der Waals surface area (Å²) in [5.41, 5.74) is 5.53. The summed E-state index contributed by atoms with van der Waals surface area (Å²) < 4.78 is 3.85. The van der Waals surface area contributed by atoms with Gasteiger partial charge in [-0.05, 0) is 25.7 Å². The first-order valence-electron chi connectivity index (χ1n) is 8.45. The van der Waals surface area contributed by atoms with Gasteiger partial charge in [-0.25, -0.2) is 14.3 Å². The van der Waals surface area contributed by atoms with E-state index in [1.54, 1.807) is 23.6 Å². The lowest BCUT2D eigenvalue weighted by Crippen LogP contribution is -2.47. The fourth-order valence-corrected chi connectivity index (χ4v) is 3.45. The van der Waals surface area contributed by atoms with Crippen LogP contribution in [0.1, 0.15) is 19.8 Å². The highest BCUT2D eigenvalue weighted by Gasteiger charge is 2.26. The molecule has 25 heavy (non-hydrogen) atoms. The number of likely N-dealkylation sites (tertiary alicyclic amines) is 1. The van der Waals surface area contributed by atoms with Crippen LogP contribution >= 0.6 is 0 Å². The smallest absolute Gasteiger partial charge is 0.332 e. The topological polar surface area (TPSA) is 108 Å². The number of carbonyl (C=O) groups excluding carboxylic acids is 1. The van der Waals surface area contributed by atoms with Crippen LogP contribution in [0.25, 0.3) is 11.2 Å². The Kier molecular flexibility index (Phi) is 4.51. The number of imidazole rings is 1. The molecule has 1 unspecified atom stereocenters. The predicted molar refractivity (Wildman–Crippen MR) is 93.2 cm³/mol. The molecular formula is C16H24N6O3. The van der Waals surface area contributed by atoms with Crippen molar-refractivity contribution in [2.75, 3.05) is 13.1 Å². The van der Waals surface area contributed by atoms with Gasteiger partial charge in [0.2, 0.25) is 5.91 Å². The number of carbonyl (C=O) groups is 1. The molecule has 1 atom stereocenters. The monoisotopic (exact) mass is 348 g/mol. The molecule has 2 N–H and O–H groups in total. The maximum atomic E-state index is 12.6. The second-order valence-electron chi connectivity index (χ2n) is 6.84. The van der Waals surface area contributed by atoms with Crippen molar-refractivity contribution in [1.82, 2.24) is 23.6 Å². The Hall–Kier alpha value is -2.42. The third-order valence-corrected chi connectivity index (χ3v) is 5.13. The van der Waals surface area contributed by atoms with Gasteiger partial charge in [-0.15, -0.1) is 0 Å². The van der Waals surface area contributed by atoms with Gasteiger partial charge in [-0.1, -0.05) is 0 Å². The zero-order valence-electron chi connectivity index (χ0n) is 14.8. The van der Waals surface area contributed by atoms with Crippen LogP contribution in [0.15, 0.2) is 15.9 Å². The number of hydrogen-bond donors (Lipinski definition) is 1. The third-order valence-electron chi connectivity index (χ3n) is 5.13. The van der Waals surface area contributed by atoms with Gasteiger partial charge in [0.25, 0.3) is 5.56 Å². The molecule has 1 fully saturated rings. The lowest BCUT2D eigenvalue weighted by Gasteiger charge is -2.33. The van der Waals surface area contributed by atoms with E-state index in [0.717, 1.165) is 17.4 Å². The molecule has 1 amide bonds. The van der Waals surface area contributed by atoms with Crippen LogP contribution in [0.5, 0.6) is 0 Å². The van der Waals surface area contributed by atoms with E-state index < -0.39 is 11.2 Å². The van der Waals surface area contributed by atoms with Crippen LogP contribution in [0.4, 0.5) is 0 Å². The second-order valence-corrected chi connectivity index (χ2v) is 6.84. The Morgan fingerprint density at radius 3 is 2.56 bits per heavy atom. The molecule has 0 aromatic carbocycles. The van der Waals surface area contributed by atoms with Crippen LogP contribution < -0.4 is 17.0 Å². The van der Waals surface area contributed by atoms with Crippen LogP contribution in [-0.4, -0.2) is 48.6 Å². The van der Waals surface area contributed by atoms with E-state index >= 15 is 0 Å². The Balaban J connectivity index is 1.86. The fourth-order valence-electron chi connectivity index (χ4n) is 3.45. The number of hydrogen-bond acceptors (Lipinski definition) is 5. The van der Waals surface area contributed by atoms with Gasteiger partial charge in [-0.3, -0.25) is 14.2 Å². The first-order valence-corrected chi connectivity index (χ1v) is 8.45. The van der Waals surface area contributed by atoms with E-state index in [-0.39, 0.29) is 18.5 Å². The Labute approximate surface area is 144 Å². The van der Waals surface area contributed by atoms with E-state index in [4.69, 9.17) is 5.73 Å². The molecule has 1 aliphatic rings. The zero-order chi connectivity index (χ0) is 18.3. The van der Waals surface area contributed by atoms with E-state index in [2.05, 4.69) is 4.98 Å². The molecule has 0 saturated carbocycles. The Morgan fingerprint density at radius 2 is 1.96 bits per heavy atom. The van der Waals surface area contributed by atoms with Gasteiger partial charge in [0.05, 0.1) is 6.33 Å². The number of nitrogens with two attached hydrogens (primary N) is 1. The Morgan fingerprint density at radius 1 is 1.32 bits per heavy atom. The number of rotatable bonds is 3. The molecule has 3 rings (SSSR count). The van der Waals surface area contributed by atoms with Gasteiger partial charge in [0.1, 0.15) is 6.54 Å². The van der Waals surface area contributed by atoms with Crippen molar-refractivity contribution in [2.45, 2.75) is 32.4 Å². The molecule has 0 radical (unpaired) electrons. The van der Waals surface area contributed by atoms with Crippen LogP contribution in [0.2, 0.25) is 0 Å². The molecule has 0 spiro atoms. The number of piperidine rings is 1. The van der Waals surface area contributed by atoms with E-state index in [1.165, 1.54) is 10.9 Å².